The molecule has 1 aromatic carbocycles. The lowest BCUT2D eigenvalue weighted by atomic mass is 10.1. The molecule has 1 aliphatic rings. The molecule has 1 fully saturated rings. The van der Waals surface area contributed by atoms with Crippen LogP contribution in [0, 0.1) is 0 Å². The molecule has 1 saturated heterocycles. The lowest BCUT2D eigenvalue weighted by Crippen LogP contribution is -2.40. The number of aromatic nitrogens is 1. The first kappa shape index (κ1) is 18.6. The summed E-state index contributed by atoms with van der Waals surface area (Å²) in [5.74, 6) is -0.561. The Morgan fingerprint density at radius 3 is 2.81 bits per heavy atom. The van der Waals surface area contributed by atoms with E-state index in [1.54, 1.807) is 29.3 Å². The lowest BCUT2D eigenvalue weighted by molar-refractivity contribution is 0.0303. The number of thiazole rings is 1. The van der Waals surface area contributed by atoms with Crippen LogP contribution in [-0.2, 0) is 16.0 Å². The number of ether oxygens (including phenoxy) is 2. The summed E-state index contributed by atoms with van der Waals surface area (Å²) in [5, 5.41) is 3.17. The van der Waals surface area contributed by atoms with Crippen LogP contribution in [0.4, 0.5) is 5.69 Å². The number of halogens is 1. The van der Waals surface area contributed by atoms with Crippen LogP contribution in [0.15, 0.2) is 24.4 Å². The van der Waals surface area contributed by atoms with Crippen molar-refractivity contribution in [3.63, 3.8) is 0 Å². The Morgan fingerprint density at radius 2 is 2.15 bits per heavy atom. The molecular weight excluding hydrogens is 378 g/mol. The van der Waals surface area contributed by atoms with Gasteiger partial charge in [0, 0.05) is 35.4 Å². The number of anilines is 1. The quantitative estimate of drug-likeness (QED) is 0.784. The molecule has 0 radical (unpaired) electrons. The first-order valence-electron chi connectivity index (χ1n) is 8.02. The molecule has 26 heavy (non-hydrogen) atoms. The number of carbonyl (C=O) groups is 2. The van der Waals surface area contributed by atoms with Gasteiger partial charge in [-0.3, -0.25) is 4.79 Å². The van der Waals surface area contributed by atoms with Gasteiger partial charge >= 0.3 is 5.97 Å². The number of nitrogens with one attached hydrogen (secondary N) is 1. The number of benzene rings is 1. The standard InChI is InChI=1S/C17H18ClN3O4S/c1-24-16(23)13-3-2-11(15(22)21-4-6-25-7-5-21)8-14(13)19-9-12-10-20-17(18)26-12/h2-3,8,10,19H,4-7,9H2,1H3. The van der Waals surface area contributed by atoms with E-state index in [4.69, 9.17) is 21.1 Å². The van der Waals surface area contributed by atoms with Crippen molar-refractivity contribution >= 4 is 40.5 Å². The SMILES string of the molecule is COC(=O)c1ccc(C(=O)N2CCOCC2)cc1NCc1cnc(Cl)s1. The van der Waals surface area contributed by atoms with Gasteiger partial charge < -0.3 is 19.7 Å². The molecule has 9 heteroatoms. The Morgan fingerprint density at radius 1 is 1.38 bits per heavy atom. The molecule has 0 aliphatic carbocycles. The Balaban J connectivity index is 1.83. The van der Waals surface area contributed by atoms with Crippen molar-refractivity contribution in [3.05, 3.63) is 44.9 Å². The average Bonchev–Trinajstić information content (AvgIpc) is 3.11. The highest BCUT2D eigenvalue weighted by Gasteiger charge is 2.21. The van der Waals surface area contributed by atoms with E-state index >= 15 is 0 Å². The number of amides is 1. The molecular formula is C17H18ClN3O4S. The van der Waals surface area contributed by atoms with Gasteiger partial charge in [0.25, 0.3) is 5.91 Å². The van der Waals surface area contributed by atoms with E-state index in [-0.39, 0.29) is 5.91 Å². The van der Waals surface area contributed by atoms with Crippen LogP contribution in [0.2, 0.25) is 4.47 Å². The van der Waals surface area contributed by atoms with Crippen molar-refractivity contribution in [1.29, 1.82) is 0 Å². The summed E-state index contributed by atoms with van der Waals surface area (Å²) < 4.78 is 10.6. The number of methoxy groups -OCH3 is 1. The number of hydrogen-bond acceptors (Lipinski definition) is 7. The van der Waals surface area contributed by atoms with Gasteiger partial charge in [-0.15, -0.1) is 11.3 Å². The first-order valence-corrected chi connectivity index (χ1v) is 9.21. The van der Waals surface area contributed by atoms with Crippen molar-refractivity contribution in [2.24, 2.45) is 0 Å². The number of nitrogens with zero attached hydrogens (tertiary/aromatic N) is 2. The van der Waals surface area contributed by atoms with E-state index in [2.05, 4.69) is 10.3 Å². The second-order valence-corrected chi connectivity index (χ2v) is 7.29. The third kappa shape index (κ3) is 4.32. The average molecular weight is 396 g/mol. The van der Waals surface area contributed by atoms with Gasteiger partial charge in [-0.1, -0.05) is 11.6 Å². The van der Waals surface area contributed by atoms with E-state index < -0.39 is 5.97 Å². The third-order valence-corrected chi connectivity index (χ3v) is 5.06. The Labute approximate surface area is 159 Å². The summed E-state index contributed by atoms with van der Waals surface area (Å²) in [6.45, 7) is 2.61. The molecule has 1 N–H and O–H groups in total. The molecule has 1 aliphatic heterocycles. The van der Waals surface area contributed by atoms with Crippen molar-refractivity contribution in [3.8, 4) is 0 Å². The molecule has 0 bridgehead atoms. The van der Waals surface area contributed by atoms with Crippen molar-refractivity contribution in [2.75, 3.05) is 38.7 Å². The zero-order valence-electron chi connectivity index (χ0n) is 14.2. The van der Waals surface area contributed by atoms with E-state index in [1.807, 2.05) is 0 Å². The molecule has 2 heterocycles. The molecule has 0 saturated carbocycles. The monoisotopic (exact) mass is 395 g/mol. The van der Waals surface area contributed by atoms with Crippen molar-refractivity contribution < 1.29 is 19.1 Å². The molecule has 0 atom stereocenters. The molecule has 2 aromatic rings. The molecule has 7 nitrogen and oxygen atoms in total. The maximum absolute atomic E-state index is 12.7. The molecule has 138 valence electrons. The minimum atomic E-state index is -0.472. The fourth-order valence-corrected chi connectivity index (χ4v) is 3.53. The summed E-state index contributed by atoms with van der Waals surface area (Å²) in [6, 6.07) is 4.91. The molecule has 3 rings (SSSR count). The number of hydrogen-bond donors (Lipinski definition) is 1. The maximum Gasteiger partial charge on any atom is 0.339 e. The predicted molar refractivity (Wildman–Crippen MR) is 99.0 cm³/mol. The van der Waals surface area contributed by atoms with Crippen LogP contribution in [-0.4, -0.2) is 55.2 Å². The van der Waals surface area contributed by atoms with E-state index in [9.17, 15) is 9.59 Å². The number of esters is 1. The van der Waals surface area contributed by atoms with Crippen molar-refractivity contribution in [2.45, 2.75) is 6.54 Å². The summed E-state index contributed by atoms with van der Waals surface area (Å²) >= 11 is 7.19. The van der Waals surface area contributed by atoms with Gasteiger partial charge in [-0.2, -0.15) is 0 Å². The second-order valence-electron chi connectivity index (χ2n) is 5.59. The van der Waals surface area contributed by atoms with E-state index in [1.165, 1.54) is 18.4 Å². The summed E-state index contributed by atoms with van der Waals surface area (Å²) in [7, 11) is 1.32. The van der Waals surface area contributed by atoms with Crippen molar-refractivity contribution in [1.82, 2.24) is 9.88 Å². The van der Waals surface area contributed by atoms with Crippen LogP contribution >= 0.6 is 22.9 Å². The minimum absolute atomic E-state index is 0.0893. The predicted octanol–water partition coefficient (Wildman–Crippen LogP) is 2.67. The van der Waals surface area contributed by atoms with Crippen LogP contribution in [0.5, 0.6) is 0 Å². The zero-order chi connectivity index (χ0) is 18.5. The van der Waals surface area contributed by atoms with Gasteiger partial charge in [0.05, 0.1) is 32.4 Å². The highest BCUT2D eigenvalue weighted by atomic mass is 35.5. The van der Waals surface area contributed by atoms with Gasteiger partial charge in [-0.25, -0.2) is 9.78 Å². The minimum Gasteiger partial charge on any atom is -0.465 e. The maximum atomic E-state index is 12.7. The highest BCUT2D eigenvalue weighted by molar-refractivity contribution is 7.15. The second kappa shape index (κ2) is 8.48. The Kier molecular flexibility index (Phi) is 6.08. The molecule has 1 amide bonds. The highest BCUT2D eigenvalue weighted by Crippen LogP contribution is 2.23. The van der Waals surface area contributed by atoms with E-state index in [0.717, 1.165) is 4.88 Å². The largest absolute Gasteiger partial charge is 0.465 e. The van der Waals surface area contributed by atoms with Crippen LogP contribution in [0.1, 0.15) is 25.6 Å². The summed E-state index contributed by atoms with van der Waals surface area (Å²) in [5.41, 5.74) is 1.39. The van der Waals surface area contributed by atoms with Crippen LogP contribution in [0.3, 0.4) is 0 Å². The zero-order valence-corrected chi connectivity index (χ0v) is 15.7. The number of carbonyl (C=O) groups excluding carboxylic acids is 2. The smallest absolute Gasteiger partial charge is 0.339 e. The first-order chi connectivity index (χ1) is 12.6. The fourth-order valence-electron chi connectivity index (χ4n) is 2.61. The summed E-state index contributed by atoms with van der Waals surface area (Å²) in [4.78, 5) is 31.4. The van der Waals surface area contributed by atoms with Gasteiger partial charge in [0.2, 0.25) is 0 Å². The topological polar surface area (TPSA) is 80.8 Å². The van der Waals surface area contributed by atoms with Gasteiger partial charge in [-0.05, 0) is 18.2 Å². The molecule has 1 aromatic heterocycles. The van der Waals surface area contributed by atoms with Crippen LogP contribution in [0.25, 0.3) is 0 Å². The van der Waals surface area contributed by atoms with Gasteiger partial charge in [0.15, 0.2) is 4.47 Å². The molecule has 0 unspecified atom stereocenters. The number of rotatable bonds is 5. The fraction of sp³-hybridized carbons (Fsp3) is 0.353. The lowest BCUT2D eigenvalue weighted by Gasteiger charge is -2.27. The normalized spacial score (nSPS) is 14.2. The molecule has 0 spiro atoms. The van der Waals surface area contributed by atoms with Gasteiger partial charge in [0.1, 0.15) is 0 Å². The Hall–Kier alpha value is -2.16. The van der Waals surface area contributed by atoms with Crippen LogP contribution < -0.4 is 5.32 Å². The summed E-state index contributed by atoms with van der Waals surface area (Å²) in [6.07, 6.45) is 1.67. The third-order valence-electron chi connectivity index (χ3n) is 3.95. The number of morpholine rings is 1. The Bertz CT molecular complexity index is 805. The van der Waals surface area contributed by atoms with E-state index in [0.29, 0.717) is 54.1 Å².